The van der Waals surface area contributed by atoms with Gasteiger partial charge in [0.25, 0.3) is 0 Å². The molecule has 6 nitrogen and oxygen atoms in total. The van der Waals surface area contributed by atoms with Crippen LogP contribution in [0.1, 0.15) is 26.2 Å². The molecule has 0 bridgehead atoms. The maximum absolute atomic E-state index is 11.3. The summed E-state index contributed by atoms with van der Waals surface area (Å²) in [7, 11) is 0. The fourth-order valence-corrected chi connectivity index (χ4v) is 1.98. The Morgan fingerprint density at radius 2 is 2.29 bits per heavy atom. The molecule has 17 heavy (non-hydrogen) atoms. The number of likely N-dealkylation sites (tertiary alicyclic amines) is 1. The zero-order valence-corrected chi connectivity index (χ0v) is 10.3. The lowest BCUT2D eigenvalue weighted by molar-refractivity contribution is -0.118. The van der Waals surface area contributed by atoms with E-state index in [1.165, 1.54) is 0 Å². The third-order valence-corrected chi connectivity index (χ3v) is 2.78. The highest BCUT2D eigenvalue weighted by atomic mass is 16.5. The maximum atomic E-state index is 11.3. The number of rotatable bonds is 5. The van der Waals surface area contributed by atoms with E-state index in [0.29, 0.717) is 19.6 Å². The number of nitrogens with zero attached hydrogens (tertiary/aromatic N) is 1. The van der Waals surface area contributed by atoms with Gasteiger partial charge >= 0.3 is 6.09 Å². The smallest absolute Gasteiger partial charge is 0.407 e. The molecule has 1 fully saturated rings. The van der Waals surface area contributed by atoms with Gasteiger partial charge in [-0.3, -0.25) is 4.79 Å². The van der Waals surface area contributed by atoms with Gasteiger partial charge in [-0.15, -0.1) is 0 Å². The molecule has 0 saturated carbocycles. The molecule has 2 amide bonds. The Hall–Kier alpha value is -1.30. The molecular weight excluding hydrogens is 222 g/mol. The van der Waals surface area contributed by atoms with Crippen LogP contribution in [0.25, 0.3) is 0 Å². The Morgan fingerprint density at radius 1 is 1.53 bits per heavy atom. The number of primary amides is 1. The molecule has 1 rings (SSSR count). The van der Waals surface area contributed by atoms with E-state index in [0.717, 1.165) is 25.9 Å². The van der Waals surface area contributed by atoms with Gasteiger partial charge in [0.05, 0.1) is 6.61 Å². The number of carbonyl (C=O) groups excluding carboxylic acids is 2. The van der Waals surface area contributed by atoms with Crippen molar-refractivity contribution in [1.82, 2.24) is 10.2 Å². The Labute approximate surface area is 101 Å². The Kier molecular flexibility index (Phi) is 5.76. The van der Waals surface area contributed by atoms with Crippen LogP contribution < -0.4 is 11.1 Å². The van der Waals surface area contributed by atoms with Crippen molar-refractivity contribution in [2.24, 2.45) is 5.73 Å². The molecule has 1 saturated heterocycles. The summed E-state index contributed by atoms with van der Waals surface area (Å²) in [5.74, 6) is -0.287. The van der Waals surface area contributed by atoms with Gasteiger partial charge < -0.3 is 20.7 Å². The second kappa shape index (κ2) is 7.11. The van der Waals surface area contributed by atoms with Crippen LogP contribution in [0.5, 0.6) is 0 Å². The van der Waals surface area contributed by atoms with Gasteiger partial charge in [0.2, 0.25) is 5.91 Å². The highest BCUT2D eigenvalue weighted by molar-refractivity contribution is 5.73. The predicted molar refractivity (Wildman–Crippen MR) is 63.4 cm³/mol. The van der Waals surface area contributed by atoms with Crippen LogP contribution in [-0.2, 0) is 9.53 Å². The molecule has 0 unspecified atom stereocenters. The van der Waals surface area contributed by atoms with Crippen molar-refractivity contribution in [3.8, 4) is 0 Å². The summed E-state index contributed by atoms with van der Waals surface area (Å²) in [5.41, 5.74) is 5.11. The van der Waals surface area contributed by atoms with E-state index >= 15 is 0 Å². The molecular formula is C11H21N3O3. The van der Waals surface area contributed by atoms with Crippen LogP contribution in [0.15, 0.2) is 0 Å². The molecule has 3 N–H and O–H groups in total. The van der Waals surface area contributed by atoms with Crippen molar-refractivity contribution in [2.75, 3.05) is 26.2 Å². The van der Waals surface area contributed by atoms with Crippen LogP contribution >= 0.6 is 0 Å². The fraction of sp³-hybridized carbons (Fsp3) is 0.818. The summed E-state index contributed by atoms with van der Waals surface area (Å²) >= 11 is 0. The van der Waals surface area contributed by atoms with E-state index in [4.69, 9.17) is 10.5 Å². The number of hydrogen-bond acceptors (Lipinski definition) is 4. The van der Waals surface area contributed by atoms with Gasteiger partial charge in [0.1, 0.15) is 0 Å². The molecule has 1 aliphatic heterocycles. The minimum absolute atomic E-state index is 0.107. The molecule has 0 aliphatic carbocycles. The summed E-state index contributed by atoms with van der Waals surface area (Å²) in [6, 6.07) is 0.107. The minimum atomic E-state index is -0.366. The number of nitrogens with two attached hydrogens (primary N) is 1. The van der Waals surface area contributed by atoms with Crippen molar-refractivity contribution in [1.29, 1.82) is 0 Å². The third kappa shape index (κ3) is 5.53. The van der Waals surface area contributed by atoms with E-state index < -0.39 is 0 Å². The van der Waals surface area contributed by atoms with Gasteiger partial charge in [-0.05, 0) is 26.3 Å². The minimum Gasteiger partial charge on any atom is -0.450 e. The number of amides is 2. The quantitative estimate of drug-likeness (QED) is 0.715. The van der Waals surface area contributed by atoms with Crippen LogP contribution in [-0.4, -0.2) is 49.2 Å². The molecule has 0 aromatic rings. The molecule has 1 atom stereocenters. The normalized spacial score (nSPS) is 20.9. The van der Waals surface area contributed by atoms with E-state index in [2.05, 4.69) is 10.2 Å². The van der Waals surface area contributed by atoms with E-state index in [9.17, 15) is 9.59 Å². The summed E-state index contributed by atoms with van der Waals surface area (Å²) in [6.07, 6.45) is 1.96. The second-order valence-corrected chi connectivity index (χ2v) is 4.22. The van der Waals surface area contributed by atoms with Gasteiger partial charge in [-0.1, -0.05) is 0 Å². The van der Waals surface area contributed by atoms with Crippen molar-refractivity contribution in [3.05, 3.63) is 0 Å². The second-order valence-electron chi connectivity index (χ2n) is 4.22. The first-order valence-corrected chi connectivity index (χ1v) is 6.05. The Balaban J connectivity index is 2.28. The monoisotopic (exact) mass is 243 g/mol. The van der Waals surface area contributed by atoms with Gasteiger partial charge in [0.15, 0.2) is 0 Å². The topological polar surface area (TPSA) is 84.7 Å². The lowest BCUT2D eigenvalue weighted by atomic mass is 10.1. The third-order valence-electron chi connectivity index (χ3n) is 2.78. The highest BCUT2D eigenvalue weighted by Crippen LogP contribution is 2.10. The number of carbonyl (C=O) groups is 2. The lowest BCUT2D eigenvalue weighted by Gasteiger charge is -2.32. The Morgan fingerprint density at radius 3 is 2.94 bits per heavy atom. The first kappa shape index (κ1) is 13.8. The summed E-state index contributed by atoms with van der Waals surface area (Å²) < 4.78 is 4.84. The van der Waals surface area contributed by atoms with Gasteiger partial charge in [-0.25, -0.2) is 4.79 Å². The molecule has 0 aromatic heterocycles. The first-order chi connectivity index (χ1) is 8.11. The van der Waals surface area contributed by atoms with Crippen LogP contribution in [0.3, 0.4) is 0 Å². The van der Waals surface area contributed by atoms with Crippen LogP contribution in [0.4, 0.5) is 4.79 Å². The van der Waals surface area contributed by atoms with E-state index in [-0.39, 0.29) is 18.0 Å². The zero-order chi connectivity index (χ0) is 12.7. The fourth-order valence-electron chi connectivity index (χ4n) is 1.98. The molecule has 1 aliphatic rings. The largest absolute Gasteiger partial charge is 0.450 e. The first-order valence-electron chi connectivity index (χ1n) is 6.05. The van der Waals surface area contributed by atoms with Crippen molar-refractivity contribution in [2.45, 2.75) is 32.2 Å². The predicted octanol–water partition coefficient (Wildman–Crippen LogP) is 0.0723. The zero-order valence-electron chi connectivity index (χ0n) is 10.3. The number of piperidine rings is 1. The average molecular weight is 243 g/mol. The highest BCUT2D eigenvalue weighted by Gasteiger charge is 2.21. The van der Waals surface area contributed by atoms with E-state index in [1.807, 2.05) is 0 Å². The lowest BCUT2D eigenvalue weighted by Crippen LogP contribution is -2.48. The standard InChI is InChI=1S/C11H21N3O3/c1-2-17-11(16)13-9-4-3-6-14(8-9)7-5-10(12)15/h9H,2-8H2,1H3,(H2,12,15)(H,13,16)/t9-/m1/s1. The summed E-state index contributed by atoms with van der Waals surface area (Å²) in [5, 5.41) is 2.82. The van der Waals surface area contributed by atoms with Gasteiger partial charge in [0, 0.05) is 25.6 Å². The molecule has 0 aromatic carbocycles. The number of alkyl carbamates (subject to hydrolysis) is 1. The van der Waals surface area contributed by atoms with Crippen molar-refractivity contribution >= 4 is 12.0 Å². The summed E-state index contributed by atoms with van der Waals surface area (Å²) in [4.78, 5) is 24.1. The maximum Gasteiger partial charge on any atom is 0.407 e. The van der Waals surface area contributed by atoms with Gasteiger partial charge in [-0.2, -0.15) is 0 Å². The molecule has 0 spiro atoms. The molecule has 1 heterocycles. The van der Waals surface area contributed by atoms with E-state index in [1.54, 1.807) is 6.92 Å². The molecule has 0 radical (unpaired) electrons. The van der Waals surface area contributed by atoms with Crippen LogP contribution in [0.2, 0.25) is 0 Å². The molecule has 98 valence electrons. The number of ether oxygens (including phenoxy) is 1. The van der Waals surface area contributed by atoms with Crippen LogP contribution in [0, 0.1) is 0 Å². The number of nitrogens with one attached hydrogen (secondary N) is 1. The average Bonchev–Trinajstić information content (AvgIpc) is 2.27. The number of hydrogen-bond donors (Lipinski definition) is 2. The summed E-state index contributed by atoms with van der Waals surface area (Å²) in [6.45, 7) is 4.53. The molecule has 6 heteroatoms. The van der Waals surface area contributed by atoms with Crippen molar-refractivity contribution in [3.63, 3.8) is 0 Å². The Bertz CT molecular complexity index is 271. The van der Waals surface area contributed by atoms with Crippen molar-refractivity contribution < 1.29 is 14.3 Å². The SMILES string of the molecule is CCOC(=O)N[C@@H]1CCCN(CCC(N)=O)C1.